The first-order valence-electron chi connectivity index (χ1n) is 7.56. The second-order valence-electron chi connectivity index (χ2n) is 8.02. The predicted molar refractivity (Wildman–Crippen MR) is 75.1 cm³/mol. The topological polar surface area (TPSA) is 12.0 Å². The van der Waals surface area contributed by atoms with E-state index in [1.54, 1.807) is 0 Å². The first-order chi connectivity index (χ1) is 7.81. The summed E-state index contributed by atoms with van der Waals surface area (Å²) in [6, 6.07) is 0. The van der Waals surface area contributed by atoms with Gasteiger partial charge in [-0.25, -0.2) is 0 Å². The van der Waals surface area contributed by atoms with Gasteiger partial charge < -0.3 is 5.32 Å². The summed E-state index contributed by atoms with van der Waals surface area (Å²) in [5.74, 6) is 2.86. The largest absolute Gasteiger partial charge is 0.311 e. The van der Waals surface area contributed by atoms with Crippen LogP contribution in [0.3, 0.4) is 0 Å². The van der Waals surface area contributed by atoms with Crippen LogP contribution in [0.4, 0.5) is 0 Å². The molecular formula is C16H31N. The summed E-state index contributed by atoms with van der Waals surface area (Å²) in [5.41, 5.74) is 0.910. The molecule has 1 N–H and O–H groups in total. The number of rotatable bonds is 1. The molecule has 1 atom stereocenters. The molecule has 17 heavy (non-hydrogen) atoms. The van der Waals surface area contributed by atoms with Gasteiger partial charge in [0, 0.05) is 5.54 Å². The van der Waals surface area contributed by atoms with E-state index in [9.17, 15) is 0 Å². The van der Waals surface area contributed by atoms with Crippen molar-refractivity contribution in [2.45, 2.75) is 72.3 Å². The molecule has 1 saturated heterocycles. The van der Waals surface area contributed by atoms with Gasteiger partial charge in [0.05, 0.1) is 0 Å². The summed E-state index contributed by atoms with van der Waals surface area (Å²) >= 11 is 0. The molecule has 0 bridgehead atoms. The molecule has 1 nitrogen and oxygen atoms in total. The monoisotopic (exact) mass is 237 g/mol. The van der Waals surface area contributed by atoms with Crippen LogP contribution in [0.5, 0.6) is 0 Å². The lowest BCUT2D eigenvalue weighted by Gasteiger charge is -2.41. The standard InChI is InChI=1S/C16H31N/c1-15(2,3)13-8-6-12(7-9-13)14-10-11-17-16(14,4)5/h12-14,17H,6-11H2,1-5H3. The molecule has 0 spiro atoms. The highest BCUT2D eigenvalue weighted by Gasteiger charge is 2.41. The summed E-state index contributed by atoms with van der Waals surface area (Å²) in [7, 11) is 0. The smallest absolute Gasteiger partial charge is 0.0156 e. The molecule has 1 saturated carbocycles. The van der Waals surface area contributed by atoms with Gasteiger partial charge >= 0.3 is 0 Å². The normalized spacial score (nSPS) is 38.3. The van der Waals surface area contributed by atoms with Crippen LogP contribution in [0.25, 0.3) is 0 Å². The van der Waals surface area contributed by atoms with E-state index in [0.717, 1.165) is 17.8 Å². The summed E-state index contributed by atoms with van der Waals surface area (Å²) in [4.78, 5) is 0. The second-order valence-corrected chi connectivity index (χ2v) is 8.02. The Balaban J connectivity index is 1.91. The van der Waals surface area contributed by atoms with Crippen molar-refractivity contribution in [3.63, 3.8) is 0 Å². The maximum absolute atomic E-state index is 3.68. The van der Waals surface area contributed by atoms with Crippen LogP contribution >= 0.6 is 0 Å². The molecule has 1 aliphatic carbocycles. The van der Waals surface area contributed by atoms with Crippen molar-refractivity contribution in [2.24, 2.45) is 23.2 Å². The highest BCUT2D eigenvalue weighted by Crippen LogP contribution is 2.45. The Morgan fingerprint density at radius 1 is 0.941 bits per heavy atom. The van der Waals surface area contributed by atoms with E-state index in [0.29, 0.717) is 11.0 Å². The lowest BCUT2D eigenvalue weighted by molar-refractivity contribution is 0.105. The van der Waals surface area contributed by atoms with Crippen LogP contribution in [0.1, 0.15) is 66.7 Å². The van der Waals surface area contributed by atoms with E-state index in [-0.39, 0.29) is 0 Å². The van der Waals surface area contributed by atoms with Gasteiger partial charge in [-0.05, 0) is 75.7 Å². The van der Waals surface area contributed by atoms with E-state index in [1.165, 1.54) is 38.6 Å². The van der Waals surface area contributed by atoms with Gasteiger partial charge in [-0.3, -0.25) is 0 Å². The van der Waals surface area contributed by atoms with Gasteiger partial charge in [-0.1, -0.05) is 20.8 Å². The van der Waals surface area contributed by atoms with Gasteiger partial charge in [-0.2, -0.15) is 0 Å². The van der Waals surface area contributed by atoms with Gasteiger partial charge in [0.25, 0.3) is 0 Å². The van der Waals surface area contributed by atoms with Crippen LogP contribution in [0, 0.1) is 23.2 Å². The van der Waals surface area contributed by atoms with Crippen molar-refractivity contribution in [3.05, 3.63) is 0 Å². The zero-order chi connectivity index (χ0) is 12.7. The van der Waals surface area contributed by atoms with Gasteiger partial charge in [0.1, 0.15) is 0 Å². The molecule has 0 aromatic rings. The van der Waals surface area contributed by atoms with Crippen molar-refractivity contribution in [1.29, 1.82) is 0 Å². The zero-order valence-electron chi connectivity index (χ0n) is 12.5. The third-order valence-electron chi connectivity index (χ3n) is 5.53. The maximum atomic E-state index is 3.68. The molecule has 1 unspecified atom stereocenters. The van der Waals surface area contributed by atoms with Crippen LogP contribution in [0.15, 0.2) is 0 Å². The molecule has 0 aromatic heterocycles. The predicted octanol–water partition coefficient (Wildman–Crippen LogP) is 4.23. The Labute approximate surface area is 108 Å². The fraction of sp³-hybridized carbons (Fsp3) is 1.00. The Morgan fingerprint density at radius 3 is 1.94 bits per heavy atom. The number of hydrogen-bond acceptors (Lipinski definition) is 1. The molecule has 0 radical (unpaired) electrons. The zero-order valence-corrected chi connectivity index (χ0v) is 12.5. The highest BCUT2D eigenvalue weighted by molar-refractivity contribution is 4.97. The fourth-order valence-corrected chi connectivity index (χ4v) is 4.25. The van der Waals surface area contributed by atoms with Crippen molar-refractivity contribution < 1.29 is 0 Å². The SMILES string of the molecule is CC(C)(C)C1CCC(C2CCNC2(C)C)CC1. The molecule has 0 aromatic carbocycles. The average molecular weight is 237 g/mol. The minimum atomic E-state index is 0.388. The van der Waals surface area contributed by atoms with Crippen molar-refractivity contribution in [2.75, 3.05) is 6.54 Å². The van der Waals surface area contributed by atoms with Crippen molar-refractivity contribution in [3.8, 4) is 0 Å². The molecule has 1 heteroatoms. The minimum absolute atomic E-state index is 0.388. The molecular weight excluding hydrogens is 206 g/mol. The Kier molecular flexibility index (Phi) is 3.60. The van der Waals surface area contributed by atoms with E-state index in [4.69, 9.17) is 0 Å². The maximum Gasteiger partial charge on any atom is 0.0156 e. The lowest BCUT2D eigenvalue weighted by atomic mass is 9.65. The summed E-state index contributed by atoms with van der Waals surface area (Å²) in [6.45, 7) is 13.3. The van der Waals surface area contributed by atoms with E-state index in [1.807, 2.05) is 0 Å². The summed E-state index contributed by atoms with van der Waals surface area (Å²) < 4.78 is 0. The van der Waals surface area contributed by atoms with Gasteiger partial charge in [-0.15, -0.1) is 0 Å². The second kappa shape index (κ2) is 4.57. The van der Waals surface area contributed by atoms with Crippen molar-refractivity contribution >= 4 is 0 Å². The summed E-state index contributed by atoms with van der Waals surface area (Å²) in [5, 5.41) is 3.68. The number of hydrogen-bond donors (Lipinski definition) is 1. The quantitative estimate of drug-likeness (QED) is 0.720. The van der Waals surface area contributed by atoms with Crippen LogP contribution in [-0.4, -0.2) is 12.1 Å². The lowest BCUT2D eigenvalue weighted by Crippen LogP contribution is -2.42. The van der Waals surface area contributed by atoms with E-state index < -0.39 is 0 Å². The van der Waals surface area contributed by atoms with Crippen LogP contribution in [0.2, 0.25) is 0 Å². The molecule has 2 rings (SSSR count). The van der Waals surface area contributed by atoms with Gasteiger partial charge in [0.15, 0.2) is 0 Å². The minimum Gasteiger partial charge on any atom is -0.311 e. The molecule has 2 fully saturated rings. The first kappa shape index (κ1) is 13.4. The summed E-state index contributed by atoms with van der Waals surface area (Å²) in [6.07, 6.45) is 7.26. The first-order valence-corrected chi connectivity index (χ1v) is 7.56. The number of nitrogens with one attached hydrogen (secondary N) is 1. The third-order valence-corrected chi connectivity index (χ3v) is 5.53. The van der Waals surface area contributed by atoms with Crippen LogP contribution < -0.4 is 5.32 Å². The Morgan fingerprint density at radius 2 is 1.53 bits per heavy atom. The van der Waals surface area contributed by atoms with Crippen LogP contribution in [-0.2, 0) is 0 Å². The molecule has 1 heterocycles. The third kappa shape index (κ3) is 2.86. The van der Waals surface area contributed by atoms with Gasteiger partial charge in [0.2, 0.25) is 0 Å². The molecule has 2 aliphatic rings. The molecule has 1 aliphatic heterocycles. The average Bonchev–Trinajstić information content (AvgIpc) is 2.57. The fourth-order valence-electron chi connectivity index (χ4n) is 4.25. The Bertz CT molecular complexity index is 253. The van der Waals surface area contributed by atoms with E-state index >= 15 is 0 Å². The Hall–Kier alpha value is -0.0400. The van der Waals surface area contributed by atoms with E-state index in [2.05, 4.69) is 39.9 Å². The molecule has 100 valence electrons. The molecule has 0 amide bonds. The highest BCUT2D eigenvalue weighted by atomic mass is 15.0. The van der Waals surface area contributed by atoms with Crippen molar-refractivity contribution in [1.82, 2.24) is 5.32 Å².